The lowest BCUT2D eigenvalue weighted by molar-refractivity contribution is 0.0987. The molecule has 0 heterocycles. The third kappa shape index (κ3) is 3.39. The van der Waals surface area contributed by atoms with Crippen LogP contribution in [0.5, 0.6) is 5.75 Å². The summed E-state index contributed by atoms with van der Waals surface area (Å²) in [6.07, 6.45) is 0.455. The first kappa shape index (κ1) is 14.6. The highest BCUT2D eigenvalue weighted by Gasteiger charge is 2.12. The van der Waals surface area contributed by atoms with Gasteiger partial charge in [0.05, 0.1) is 7.11 Å². The van der Waals surface area contributed by atoms with Crippen molar-refractivity contribution in [3.63, 3.8) is 0 Å². The molecule has 0 aliphatic rings. The average molecular weight is 284 g/mol. The molecule has 0 radical (unpaired) electrons. The van der Waals surface area contributed by atoms with Crippen LogP contribution in [0.3, 0.4) is 0 Å². The molecule has 0 saturated heterocycles. The van der Waals surface area contributed by atoms with E-state index in [9.17, 15) is 9.59 Å². The second-order valence-corrected chi connectivity index (χ2v) is 4.63. The molecule has 4 N–H and O–H groups in total. The Hall–Kier alpha value is -2.82. The number of carbonyl (C=O) groups excluding carboxylic acids is 2. The molecule has 0 atom stereocenters. The molecule has 5 heteroatoms. The highest BCUT2D eigenvalue weighted by molar-refractivity contribution is 5.98. The molecule has 21 heavy (non-hydrogen) atoms. The molecule has 0 bridgehead atoms. The predicted molar refractivity (Wildman–Crippen MR) is 79.3 cm³/mol. The number of primary amides is 2. The summed E-state index contributed by atoms with van der Waals surface area (Å²) in [6.45, 7) is 0. The maximum absolute atomic E-state index is 11.5. The minimum absolute atomic E-state index is 0.345. The van der Waals surface area contributed by atoms with Crippen molar-refractivity contribution in [2.24, 2.45) is 11.5 Å². The molecular weight excluding hydrogens is 268 g/mol. The normalized spacial score (nSPS) is 10.1. The Bertz CT molecular complexity index is 696. The number of ether oxygens (including phenoxy) is 1. The molecule has 0 aliphatic carbocycles. The van der Waals surface area contributed by atoms with Gasteiger partial charge >= 0.3 is 0 Å². The van der Waals surface area contributed by atoms with Crippen molar-refractivity contribution in [2.45, 2.75) is 6.42 Å². The number of hydrogen-bond donors (Lipinski definition) is 2. The lowest BCUT2D eigenvalue weighted by Gasteiger charge is -2.09. The van der Waals surface area contributed by atoms with E-state index in [0.29, 0.717) is 23.1 Å². The smallest absolute Gasteiger partial charge is 0.248 e. The predicted octanol–water partition coefficient (Wildman–Crippen LogP) is 1.48. The SMILES string of the molecule is COc1cccc(Cc2cc(C(N)=O)ccc2C(N)=O)c1. The van der Waals surface area contributed by atoms with Gasteiger partial charge < -0.3 is 16.2 Å². The minimum Gasteiger partial charge on any atom is -0.497 e. The van der Waals surface area contributed by atoms with Crippen molar-refractivity contribution in [1.29, 1.82) is 0 Å². The zero-order valence-corrected chi connectivity index (χ0v) is 11.6. The van der Waals surface area contributed by atoms with Crippen molar-refractivity contribution < 1.29 is 14.3 Å². The van der Waals surface area contributed by atoms with Crippen LogP contribution in [0.1, 0.15) is 31.8 Å². The molecule has 2 rings (SSSR count). The maximum Gasteiger partial charge on any atom is 0.248 e. The number of methoxy groups -OCH3 is 1. The Labute approximate surface area is 122 Å². The first-order chi connectivity index (χ1) is 10.0. The number of carbonyl (C=O) groups is 2. The van der Waals surface area contributed by atoms with Gasteiger partial charge in [-0.15, -0.1) is 0 Å². The Morgan fingerprint density at radius 2 is 1.81 bits per heavy atom. The summed E-state index contributed by atoms with van der Waals surface area (Å²) in [4.78, 5) is 22.8. The van der Waals surface area contributed by atoms with Crippen LogP contribution in [0.15, 0.2) is 42.5 Å². The standard InChI is InChI=1S/C16H16N2O3/c1-21-13-4-2-3-10(8-13)7-12-9-11(15(17)19)5-6-14(12)16(18)20/h2-6,8-9H,7H2,1H3,(H2,17,19)(H2,18,20). The number of rotatable bonds is 5. The minimum atomic E-state index is -0.544. The number of hydrogen-bond acceptors (Lipinski definition) is 3. The quantitative estimate of drug-likeness (QED) is 0.870. The van der Waals surface area contributed by atoms with E-state index in [1.54, 1.807) is 13.2 Å². The lowest BCUT2D eigenvalue weighted by atomic mass is 9.97. The summed E-state index contributed by atoms with van der Waals surface area (Å²) in [5, 5.41) is 0. The van der Waals surface area contributed by atoms with Gasteiger partial charge in [-0.05, 0) is 47.9 Å². The van der Waals surface area contributed by atoms with Crippen molar-refractivity contribution in [2.75, 3.05) is 7.11 Å². The van der Waals surface area contributed by atoms with Crippen molar-refractivity contribution >= 4 is 11.8 Å². The van der Waals surface area contributed by atoms with Gasteiger partial charge in [0.1, 0.15) is 5.75 Å². The third-order valence-electron chi connectivity index (χ3n) is 3.18. The van der Waals surface area contributed by atoms with Gasteiger partial charge in [0, 0.05) is 11.1 Å². The van der Waals surface area contributed by atoms with Crippen LogP contribution in [0.4, 0.5) is 0 Å². The zero-order chi connectivity index (χ0) is 15.4. The summed E-state index contributed by atoms with van der Waals surface area (Å²) in [5.74, 6) is -0.360. The molecule has 0 unspecified atom stereocenters. The molecule has 2 aromatic rings. The van der Waals surface area contributed by atoms with Crippen molar-refractivity contribution in [3.8, 4) is 5.75 Å². The highest BCUT2D eigenvalue weighted by atomic mass is 16.5. The molecule has 2 amide bonds. The summed E-state index contributed by atoms with van der Waals surface area (Å²) in [5.41, 5.74) is 13.0. The Morgan fingerprint density at radius 1 is 1.05 bits per heavy atom. The van der Waals surface area contributed by atoms with Crippen LogP contribution >= 0.6 is 0 Å². The van der Waals surface area contributed by atoms with Crippen LogP contribution in [0.2, 0.25) is 0 Å². The van der Waals surface area contributed by atoms with Gasteiger partial charge in [-0.2, -0.15) is 0 Å². The van der Waals surface area contributed by atoms with Gasteiger partial charge in [-0.25, -0.2) is 0 Å². The number of benzene rings is 2. The monoisotopic (exact) mass is 284 g/mol. The molecule has 0 fully saturated rings. The van der Waals surface area contributed by atoms with E-state index in [1.165, 1.54) is 12.1 Å². The van der Waals surface area contributed by atoms with Crippen LogP contribution in [-0.2, 0) is 6.42 Å². The van der Waals surface area contributed by atoms with Crippen molar-refractivity contribution in [3.05, 3.63) is 64.7 Å². The summed E-state index contributed by atoms with van der Waals surface area (Å²) >= 11 is 0. The fraction of sp³-hybridized carbons (Fsp3) is 0.125. The third-order valence-corrected chi connectivity index (χ3v) is 3.18. The Balaban J connectivity index is 2.42. The summed E-state index contributed by atoms with van der Waals surface area (Å²) < 4.78 is 5.17. The lowest BCUT2D eigenvalue weighted by Crippen LogP contribution is -2.17. The zero-order valence-electron chi connectivity index (χ0n) is 11.6. The summed E-state index contributed by atoms with van der Waals surface area (Å²) in [7, 11) is 1.58. The van der Waals surface area contributed by atoms with Gasteiger partial charge in [0.15, 0.2) is 0 Å². The van der Waals surface area contributed by atoms with Gasteiger partial charge in [0.2, 0.25) is 11.8 Å². The van der Waals surface area contributed by atoms with Crippen LogP contribution in [0.25, 0.3) is 0 Å². The van der Waals surface area contributed by atoms with E-state index >= 15 is 0 Å². The molecule has 5 nitrogen and oxygen atoms in total. The maximum atomic E-state index is 11.5. The fourth-order valence-electron chi connectivity index (χ4n) is 2.14. The molecule has 0 aliphatic heterocycles. The second-order valence-electron chi connectivity index (χ2n) is 4.63. The Morgan fingerprint density at radius 3 is 2.43 bits per heavy atom. The van der Waals surface area contributed by atoms with E-state index in [4.69, 9.17) is 16.2 Å². The van der Waals surface area contributed by atoms with E-state index in [1.807, 2.05) is 24.3 Å². The number of nitrogens with two attached hydrogens (primary N) is 2. The molecule has 2 aromatic carbocycles. The van der Waals surface area contributed by atoms with E-state index in [-0.39, 0.29) is 0 Å². The molecule has 108 valence electrons. The second kappa shape index (κ2) is 6.09. The molecule has 0 spiro atoms. The first-order valence-corrected chi connectivity index (χ1v) is 6.36. The van der Waals surface area contributed by atoms with Gasteiger partial charge in [-0.3, -0.25) is 9.59 Å². The Kier molecular flexibility index (Phi) is 4.23. The average Bonchev–Trinajstić information content (AvgIpc) is 2.47. The van der Waals surface area contributed by atoms with Crippen LogP contribution in [0, 0.1) is 0 Å². The molecular formula is C16H16N2O3. The largest absolute Gasteiger partial charge is 0.497 e. The van der Waals surface area contributed by atoms with Crippen LogP contribution in [-0.4, -0.2) is 18.9 Å². The van der Waals surface area contributed by atoms with E-state index in [2.05, 4.69) is 0 Å². The summed E-state index contributed by atoms with van der Waals surface area (Å²) in [6, 6.07) is 12.1. The van der Waals surface area contributed by atoms with Gasteiger partial charge in [0.25, 0.3) is 0 Å². The van der Waals surface area contributed by atoms with E-state index in [0.717, 1.165) is 11.3 Å². The molecule has 0 aromatic heterocycles. The van der Waals surface area contributed by atoms with Crippen molar-refractivity contribution in [1.82, 2.24) is 0 Å². The first-order valence-electron chi connectivity index (χ1n) is 6.36. The highest BCUT2D eigenvalue weighted by Crippen LogP contribution is 2.19. The van der Waals surface area contributed by atoms with E-state index < -0.39 is 11.8 Å². The molecule has 0 saturated carbocycles. The van der Waals surface area contributed by atoms with Crippen LogP contribution < -0.4 is 16.2 Å². The fourth-order valence-corrected chi connectivity index (χ4v) is 2.14. The van der Waals surface area contributed by atoms with Gasteiger partial charge in [-0.1, -0.05) is 12.1 Å². The number of amides is 2. The topological polar surface area (TPSA) is 95.4 Å².